The van der Waals surface area contributed by atoms with Gasteiger partial charge in [-0.1, -0.05) is 11.3 Å². The van der Waals surface area contributed by atoms with Crippen molar-refractivity contribution in [2.45, 2.75) is 19.3 Å². The van der Waals surface area contributed by atoms with E-state index in [1.165, 1.54) is 17.5 Å². The predicted octanol–water partition coefficient (Wildman–Crippen LogP) is 3.13. The lowest BCUT2D eigenvalue weighted by Crippen LogP contribution is -2.04. The van der Waals surface area contributed by atoms with Gasteiger partial charge in [0.15, 0.2) is 17.3 Å². The average molecular weight is 394 g/mol. The van der Waals surface area contributed by atoms with Gasteiger partial charge >= 0.3 is 0 Å². The van der Waals surface area contributed by atoms with E-state index >= 15 is 0 Å². The van der Waals surface area contributed by atoms with Crippen molar-refractivity contribution in [1.82, 2.24) is 34.5 Å². The second-order valence-corrected chi connectivity index (χ2v) is 7.37. The minimum absolute atomic E-state index is 0.437. The summed E-state index contributed by atoms with van der Waals surface area (Å²) in [5, 5.41) is 7.96. The minimum atomic E-state index is 0.437. The van der Waals surface area contributed by atoms with Gasteiger partial charge in [-0.2, -0.15) is 0 Å². The summed E-state index contributed by atoms with van der Waals surface area (Å²) in [6.45, 7) is 0. The maximum atomic E-state index is 6.21. The Morgan fingerprint density at radius 1 is 0.933 bits per heavy atom. The van der Waals surface area contributed by atoms with Gasteiger partial charge in [-0.3, -0.25) is 4.57 Å². The van der Waals surface area contributed by atoms with E-state index in [4.69, 9.17) is 15.7 Å². The molecule has 1 aliphatic rings. The number of hydrogen-bond donors (Lipinski definition) is 1. The van der Waals surface area contributed by atoms with Gasteiger partial charge in [0.1, 0.15) is 11.3 Å². The lowest BCUT2D eigenvalue weighted by Gasteiger charge is -2.12. The number of imidazole rings is 1. The Morgan fingerprint density at radius 2 is 1.87 bits per heavy atom. The number of fused-ring (bicyclic) bond motifs is 2. The zero-order valence-electron chi connectivity index (χ0n) is 16.1. The number of aryl methyl sites for hydroxylation is 2. The van der Waals surface area contributed by atoms with E-state index in [-0.39, 0.29) is 0 Å². The van der Waals surface area contributed by atoms with Crippen LogP contribution in [0, 0.1) is 0 Å². The Bertz CT molecular complexity index is 1380. The molecule has 0 radical (unpaired) electrons. The van der Waals surface area contributed by atoms with E-state index in [1.54, 1.807) is 23.3 Å². The number of nitrogen functional groups attached to an aromatic ring is 1. The summed E-state index contributed by atoms with van der Waals surface area (Å²) < 4.78 is 3.69. The van der Waals surface area contributed by atoms with Crippen LogP contribution in [-0.2, 0) is 12.8 Å². The SMILES string of the molecule is Nc1ncccc1-c1nc2ccc(-n3ccnn3)nc2n1-c1ccc2c(c1)CCC2. The van der Waals surface area contributed by atoms with E-state index in [0.717, 1.165) is 41.1 Å². The molecule has 4 aromatic heterocycles. The van der Waals surface area contributed by atoms with Crippen molar-refractivity contribution < 1.29 is 0 Å². The fraction of sp³-hybridized carbons (Fsp3) is 0.136. The summed E-state index contributed by atoms with van der Waals surface area (Å²) in [6, 6.07) is 14.2. The Hall–Kier alpha value is -4.07. The van der Waals surface area contributed by atoms with Crippen LogP contribution in [0.15, 0.2) is 61.1 Å². The van der Waals surface area contributed by atoms with E-state index in [9.17, 15) is 0 Å². The van der Waals surface area contributed by atoms with Crippen molar-refractivity contribution in [3.05, 3.63) is 72.2 Å². The van der Waals surface area contributed by atoms with E-state index in [1.807, 2.05) is 24.3 Å². The highest BCUT2D eigenvalue weighted by atomic mass is 15.4. The highest BCUT2D eigenvalue weighted by molar-refractivity contribution is 5.83. The molecule has 0 fully saturated rings. The molecule has 8 heteroatoms. The number of hydrogen-bond acceptors (Lipinski definition) is 6. The fourth-order valence-electron chi connectivity index (χ4n) is 4.13. The van der Waals surface area contributed by atoms with Crippen LogP contribution in [-0.4, -0.2) is 34.5 Å². The van der Waals surface area contributed by atoms with Crippen LogP contribution in [0.2, 0.25) is 0 Å². The molecule has 1 aromatic carbocycles. The van der Waals surface area contributed by atoms with E-state index < -0.39 is 0 Å². The summed E-state index contributed by atoms with van der Waals surface area (Å²) in [5.74, 6) is 1.83. The molecule has 2 N–H and O–H groups in total. The van der Waals surface area contributed by atoms with Crippen molar-refractivity contribution in [3.63, 3.8) is 0 Å². The zero-order chi connectivity index (χ0) is 20.1. The summed E-state index contributed by atoms with van der Waals surface area (Å²) in [5.41, 5.74) is 12.3. The zero-order valence-corrected chi connectivity index (χ0v) is 16.1. The molecule has 1 aliphatic carbocycles. The van der Waals surface area contributed by atoms with Gasteiger partial charge in [-0.15, -0.1) is 5.10 Å². The van der Waals surface area contributed by atoms with E-state index in [2.05, 4.69) is 38.1 Å². The van der Waals surface area contributed by atoms with Crippen LogP contribution in [0.25, 0.3) is 34.1 Å². The monoisotopic (exact) mass is 394 g/mol. The van der Waals surface area contributed by atoms with Crippen LogP contribution in [0.5, 0.6) is 0 Å². The molecule has 0 saturated heterocycles. The topological polar surface area (TPSA) is 100 Å². The molecule has 5 aromatic rings. The Morgan fingerprint density at radius 3 is 2.73 bits per heavy atom. The molecule has 0 atom stereocenters. The normalized spacial score (nSPS) is 13.1. The number of nitrogens with zero attached hydrogens (tertiary/aromatic N) is 7. The first-order valence-electron chi connectivity index (χ1n) is 9.87. The molecule has 30 heavy (non-hydrogen) atoms. The largest absolute Gasteiger partial charge is 0.383 e. The number of pyridine rings is 2. The molecule has 4 heterocycles. The summed E-state index contributed by atoms with van der Waals surface area (Å²) >= 11 is 0. The average Bonchev–Trinajstić information content (AvgIpc) is 3.51. The summed E-state index contributed by atoms with van der Waals surface area (Å²) in [6.07, 6.45) is 8.51. The van der Waals surface area contributed by atoms with Crippen LogP contribution in [0.3, 0.4) is 0 Å². The van der Waals surface area contributed by atoms with Crippen LogP contribution in [0.4, 0.5) is 5.82 Å². The van der Waals surface area contributed by atoms with Gasteiger partial charge in [0.25, 0.3) is 0 Å². The summed E-state index contributed by atoms with van der Waals surface area (Å²) in [4.78, 5) is 14.0. The second kappa shape index (κ2) is 6.48. The number of aromatic nitrogens is 7. The van der Waals surface area contributed by atoms with Gasteiger partial charge in [0, 0.05) is 11.9 Å². The Labute approximate surface area is 172 Å². The maximum absolute atomic E-state index is 6.21. The molecule has 6 rings (SSSR count). The molecular weight excluding hydrogens is 376 g/mol. The molecule has 146 valence electrons. The first kappa shape index (κ1) is 16.8. The molecule has 8 nitrogen and oxygen atoms in total. The van der Waals surface area contributed by atoms with Crippen LogP contribution in [0.1, 0.15) is 17.5 Å². The number of benzene rings is 1. The number of nitrogens with two attached hydrogens (primary N) is 1. The highest BCUT2D eigenvalue weighted by Crippen LogP contribution is 2.32. The summed E-state index contributed by atoms with van der Waals surface area (Å²) in [7, 11) is 0. The van der Waals surface area contributed by atoms with Gasteiger partial charge in [0.2, 0.25) is 0 Å². The Kier molecular flexibility index (Phi) is 3.64. The minimum Gasteiger partial charge on any atom is -0.383 e. The third-order valence-electron chi connectivity index (χ3n) is 5.57. The number of anilines is 1. The van der Waals surface area contributed by atoms with Gasteiger partial charge in [-0.25, -0.2) is 19.6 Å². The van der Waals surface area contributed by atoms with Crippen LogP contribution >= 0.6 is 0 Å². The molecule has 0 spiro atoms. The maximum Gasteiger partial charge on any atom is 0.167 e. The quantitative estimate of drug-likeness (QED) is 0.505. The Balaban J connectivity index is 1.65. The molecule has 0 aliphatic heterocycles. The fourth-order valence-corrected chi connectivity index (χ4v) is 4.13. The standard InChI is InChI=1S/C22H18N8/c23-20-17(5-2-10-24-20)21-26-18-8-9-19(29-12-11-25-28-29)27-22(18)30(21)16-7-6-14-3-1-4-15(14)13-16/h2,5-13H,1,3-4H2,(H2,23,24). The molecular formula is C22H18N8. The molecule has 0 saturated carbocycles. The van der Waals surface area contributed by atoms with Crippen molar-refractivity contribution in [2.75, 3.05) is 5.73 Å². The van der Waals surface area contributed by atoms with Gasteiger partial charge in [0.05, 0.1) is 18.0 Å². The van der Waals surface area contributed by atoms with Crippen molar-refractivity contribution in [3.8, 4) is 22.9 Å². The molecule has 0 amide bonds. The highest BCUT2D eigenvalue weighted by Gasteiger charge is 2.20. The van der Waals surface area contributed by atoms with Crippen molar-refractivity contribution in [2.24, 2.45) is 0 Å². The first-order chi connectivity index (χ1) is 14.8. The van der Waals surface area contributed by atoms with Gasteiger partial charge < -0.3 is 5.73 Å². The van der Waals surface area contributed by atoms with Crippen molar-refractivity contribution in [1.29, 1.82) is 0 Å². The molecule has 0 unspecified atom stereocenters. The molecule has 0 bridgehead atoms. The van der Waals surface area contributed by atoms with Crippen LogP contribution < -0.4 is 5.73 Å². The smallest absolute Gasteiger partial charge is 0.167 e. The second-order valence-electron chi connectivity index (χ2n) is 7.37. The lowest BCUT2D eigenvalue weighted by atomic mass is 10.1. The number of rotatable bonds is 3. The first-order valence-corrected chi connectivity index (χ1v) is 9.87. The van der Waals surface area contributed by atoms with Gasteiger partial charge in [-0.05, 0) is 66.8 Å². The third-order valence-corrected chi connectivity index (χ3v) is 5.57. The van der Waals surface area contributed by atoms with Crippen molar-refractivity contribution >= 4 is 17.0 Å². The van der Waals surface area contributed by atoms with E-state index in [0.29, 0.717) is 11.6 Å². The predicted molar refractivity (Wildman–Crippen MR) is 113 cm³/mol. The third kappa shape index (κ3) is 2.57. The lowest BCUT2D eigenvalue weighted by molar-refractivity contribution is 0.783.